The Balaban J connectivity index is 3.28. The van der Waals surface area contributed by atoms with Gasteiger partial charge in [-0.15, -0.1) is 0 Å². The summed E-state index contributed by atoms with van der Waals surface area (Å²) in [5, 5.41) is 0. The SMILES string of the molecule is C/C=C(\N)c1cc(C(C)=O)ccc1F. The van der Waals surface area contributed by atoms with Crippen LogP contribution in [0, 0.1) is 5.82 Å². The van der Waals surface area contributed by atoms with Gasteiger partial charge in [-0.05, 0) is 32.0 Å². The van der Waals surface area contributed by atoms with Crippen molar-refractivity contribution in [2.24, 2.45) is 5.73 Å². The van der Waals surface area contributed by atoms with Crippen LogP contribution in [0.5, 0.6) is 0 Å². The summed E-state index contributed by atoms with van der Waals surface area (Å²) in [4.78, 5) is 11.0. The normalized spacial score (nSPS) is 11.5. The molecule has 14 heavy (non-hydrogen) atoms. The van der Waals surface area contributed by atoms with Crippen LogP contribution in [-0.4, -0.2) is 5.78 Å². The lowest BCUT2D eigenvalue weighted by Crippen LogP contribution is -2.02. The fourth-order valence-electron chi connectivity index (χ4n) is 1.12. The van der Waals surface area contributed by atoms with Crippen molar-refractivity contribution in [3.05, 3.63) is 41.2 Å². The van der Waals surface area contributed by atoms with E-state index in [2.05, 4.69) is 0 Å². The molecule has 1 aromatic rings. The second-order valence-electron chi connectivity index (χ2n) is 2.99. The molecule has 0 spiro atoms. The number of halogens is 1. The van der Waals surface area contributed by atoms with E-state index in [9.17, 15) is 9.18 Å². The number of Topliss-reactive ketones (excluding diaryl/α,β-unsaturated/α-hetero) is 1. The topological polar surface area (TPSA) is 43.1 Å². The van der Waals surface area contributed by atoms with Gasteiger partial charge in [0.25, 0.3) is 0 Å². The molecular weight excluding hydrogens is 181 g/mol. The van der Waals surface area contributed by atoms with Gasteiger partial charge in [-0.25, -0.2) is 4.39 Å². The van der Waals surface area contributed by atoms with Gasteiger partial charge in [0.05, 0.1) is 0 Å². The van der Waals surface area contributed by atoms with Gasteiger partial charge in [0, 0.05) is 16.8 Å². The Morgan fingerprint density at radius 1 is 1.50 bits per heavy atom. The maximum atomic E-state index is 13.2. The minimum atomic E-state index is -0.411. The highest BCUT2D eigenvalue weighted by Gasteiger charge is 2.07. The van der Waals surface area contributed by atoms with E-state index >= 15 is 0 Å². The lowest BCUT2D eigenvalue weighted by molar-refractivity contribution is 0.101. The molecule has 0 aromatic heterocycles. The summed E-state index contributed by atoms with van der Waals surface area (Å²) >= 11 is 0. The number of hydrogen-bond donors (Lipinski definition) is 1. The number of carbonyl (C=O) groups excluding carboxylic acids is 1. The van der Waals surface area contributed by atoms with Crippen LogP contribution in [0.2, 0.25) is 0 Å². The van der Waals surface area contributed by atoms with Gasteiger partial charge in [0.1, 0.15) is 5.82 Å². The molecule has 2 N–H and O–H groups in total. The Morgan fingerprint density at radius 2 is 2.14 bits per heavy atom. The van der Waals surface area contributed by atoms with Crippen molar-refractivity contribution in [2.45, 2.75) is 13.8 Å². The molecule has 74 valence electrons. The van der Waals surface area contributed by atoms with Crippen LogP contribution in [0.4, 0.5) is 4.39 Å². The van der Waals surface area contributed by atoms with Crippen LogP contribution in [0.15, 0.2) is 24.3 Å². The van der Waals surface area contributed by atoms with Gasteiger partial charge >= 0.3 is 0 Å². The van der Waals surface area contributed by atoms with Gasteiger partial charge in [-0.2, -0.15) is 0 Å². The molecule has 2 nitrogen and oxygen atoms in total. The number of benzene rings is 1. The summed E-state index contributed by atoms with van der Waals surface area (Å²) in [5.41, 5.74) is 6.65. The lowest BCUT2D eigenvalue weighted by atomic mass is 10.1. The van der Waals surface area contributed by atoms with Gasteiger partial charge in [-0.1, -0.05) is 6.08 Å². The first-order chi connectivity index (χ1) is 6.56. The molecule has 0 atom stereocenters. The third kappa shape index (κ3) is 1.99. The largest absolute Gasteiger partial charge is 0.398 e. The highest BCUT2D eigenvalue weighted by molar-refractivity contribution is 5.94. The zero-order valence-corrected chi connectivity index (χ0v) is 8.17. The van der Waals surface area contributed by atoms with Crippen LogP contribution in [0.1, 0.15) is 29.8 Å². The first kappa shape index (κ1) is 10.4. The highest BCUT2D eigenvalue weighted by Crippen LogP contribution is 2.16. The second-order valence-corrected chi connectivity index (χ2v) is 2.99. The smallest absolute Gasteiger partial charge is 0.159 e. The van der Waals surface area contributed by atoms with E-state index in [0.29, 0.717) is 11.3 Å². The predicted octanol–water partition coefficient (Wildman–Crippen LogP) is 2.35. The number of allylic oxidation sites excluding steroid dienone is 1. The van der Waals surface area contributed by atoms with Crippen molar-refractivity contribution < 1.29 is 9.18 Å². The average molecular weight is 193 g/mol. The third-order valence-electron chi connectivity index (χ3n) is 1.99. The summed E-state index contributed by atoms with van der Waals surface area (Å²) in [6.45, 7) is 3.15. The molecule has 0 radical (unpaired) electrons. The van der Waals surface area contributed by atoms with Gasteiger partial charge in [0.15, 0.2) is 5.78 Å². The number of carbonyl (C=O) groups is 1. The summed E-state index contributed by atoms with van der Waals surface area (Å²) < 4.78 is 13.2. The fraction of sp³-hybridized carbons (Fsp3) is 0.182. The molecule has 0 amide bonds. The molecule has 0 heterocycles. The first-order valence-corrected chi connectivity index (χ1v) is 4.29. The highest BCUT2D eigenvalue weighted by atomic mass is 19.1. The van der Waals surface area contributed by atoms with Crippen molar-refractivity contribution in [1.29, 1.82) is 0 Å². The Hall–Kier alpha value is -1.64. The minimum Gasteiger partial charge on any atom is -0.398 e. The Kier molecular flexibility index (Phi) is 3.02. The van der Waals surface area contributed by atoms with E-state index in [1.54, 1.807) is 13.0 Å². The van der Waals surface area contributed by atoms with Crippen LogP contribution in [0.25, 0.3) is 5.70 Å². The monoisotopic (exact) mass is 193 g/mol. The van der Waals surface area contributed by atoms with Crippen molar-refractivity contribution in [2.75, 3.05) is 0 Å². The van der Waals surface area contributed by atoms with E-state index in [-0.39, 0.29) is 11.3 Å². The summed E-state index contributed by atoms with van der Waals surface area (Å²) in [5.74, 6) is -0.513. The van der Waals surface area contributed by atoms with Gasteiger partial charge < -0.3 is 5.73 Å². The minimum absolute atomic E-state index is 0.102. The molecule has 0 bridgehead atoms. The summed E-state index contributed by atoms with van der Waals surface area (Å²) in [6.07, 6.45) is 1.60. The van der Waals surface area contributed by atoms with Crippen LogP contribution >= 0.6 is 0 Å². The molecular formula is C11H12FNO. The Morgan fingerprint density at radius 3 is 2.64 bits per heavy atom. The number of nitrogens with two attached hydrogens (primary N) is 1. The molecule has 1 aromatic carbocycles. The molecule has 1 rings (SSSR count). The number of hydrogen-bond acceptors (Lipinski definition) is 2. The Bertz CT molecular complexity index is 396. The average Bonchev–Trinajstić information content (AvgIpc) is 2.17. The summed E-state index contributed by atoms with van der Waals surface area (Å²) in [6, 6.07) is 4.17. The molecule has 0 unspecified atom stereocenters. The van der Waals surface area contributed by atoms with E-state index < -0.39 is 5.82 Å². The van der Waals surface area contributed by atoms with E-state index in [4.69, 9.17) is 5.73 Å². The van der Waals surface area contributed by atoms with Crippen LogP contribution in [-0.2, 0) is 0 Å². The standard InChI is InChI=1S/C11H12FNO/c1-3-11(13)9-6-8(7(2)14)4-5-10(9)12/h3-6H,13H2,1-2H3/b11-3-. The maximum Gasteiger partial charge on any atom is 0.159 e. The first-order valence-electron chi connectivity index (χ1n) is 4.29. The maximum absolute atomic E-state index is 13.2. The van der Waals surface area contributed by atoms with Crippen molar-refractivity contribution >= 4 is 11.5 Å². The molecule has 0 saturated carbocycles. The molecule has 0 aliphatic heterocycles. The van der Waals surface area contributed by atoms with E-state index in [1.165, 1.54) is 25.1 Å². The van der Waals surface area contributed by atoms with Crippen LogP contribution < -0.4 is 5.73 Å². The van der Waals surface area contributed by atoms with Crippen molar-refractivity contribution in [3.8, 4) is 0 Å². The quantitative estimate of drug-likeness (QED) is 0.732. The lowest BCUT2D eigenvalue weighted by Gasteiger charge is -2.04. The molecule has 0 fully saturated rings. The van der Waals surface area contributed by atoms with Gasteiger partial charge in [-0.3, -0.25) is 4.79 Å². The molecule has 0 aliphatic rings. The van der Waals surface area contributed by atoms with Crippen LogP contribution in [0.3, 0.4) is 0 Å². The van der Waals surface area contributed by atoms with E-state index in [1.807, 2.05) is 0 Å². The van der Waals surface area contributed by atoms with Crippen molar-refractivity contribution in [3.63, 3.8) is 0 Å². The van der Waals surface area contributed by atoms with Crippen molar-refractivity contribution in [1.82, 2.24) is 0 Å². The number of rotatable bonds is 2. The summed E-state index contributed by atoms with van der Waals surface area (Å²) in [7, 11) is 0. The Labute approximate surface area is 82.2 Å². The van der Waals surface area contributed by atoms with E-state index in [0.717, 1.165) is 0 Å². The molecule has 0 aliphatic carbocycles. The number of ketones is 1. The van der Waals surface area contributed by atoms with Gasteiger partial charge in [0.2, 0.25) is 0 Å². The zero-order chi connectivity index (χ0) is 10.7. The zero-order valence-electron chi connectivity index (χ0n) is 8.17. The fourth-order valence-corrected chi connectivity index (χ4v) is 1.12. The third-order valence-corrected chi connectivity index (χ3v) is 1.99. The second kappa shape index (κ2) is 4.05. The molecule has 0 saturated heterocycles. The predicted molar refractivity (Wildman–Crippen MR) is 54.2 cm³/mol. The molecule has 3 heteroatoms.